The number of rotatable bonds is 7. The molecule has 1 heterocycles. The summed E-state index contributed by atoms with van der Waals surface area (Å²) >= 11 is 0. The Balaban J connectivity index is 1.65. The molecule has 154 valence electrons. The van der Waals surface area contributed by atoms with Gasteiger partial charge in [-0.3, -0.25) is 9.59 Å². The Morgan fingerprint density at radius 3 is 2.32 bits per heavy atom. The maximum Gasteiger partial charge on any atom is 0.260 e. The Bertz CT molecular complexity index is 716. The Kier molecular flexibility index (Phi) is 6.28. The van der Waals surface area contributed by atoms with Crippen LogP contribution in [0.3, 0.4) is 0 Å². The van der Waals surface area contributed by atoms with Crippen LogP contribution in [0.25, 0.3) is 0 Å². The fourth-order valence-electron chi connectivity index (χ4n) is 4.05. The number of carbonyl (C=O) groups excluding carboxylic acids is 2. The summed E-state index contributed by atoms with van der Waals surface area (Å²) in [5, 5.41) is 3.12. The lowest BCUT2D eigenvalue weighted by atomic mass is 9.95. The van der Waals surface area contributed by atoms with Crippen molar-refractivity contribution in [1.82, 2.24) is 10.2 Å². The Morgan fingerprint density at radius 2 is 1.79 bits per heavy atom. The minimum absolute atomic E-state index is 0.0310. The smallest absolute Gasteiger partial charge is 0.260 e. The molecule has 28 heavy (non-hydrogen) atoms. The van der Waals surface area contributed by atoms with Crippen molar-refractivity contribution in [3.05, 3.63) is 28.8 Å². The van der Waals surface area contributed by atoms with E-state index in [1.54, 1.807) is 0 Å². The zero-order chi connectivity index (χ0) is 20.3. The van der Waals surface area contributed by atoms with Crippen LogP contribution in [0.2, 0.25) is 0 Å². The summed E-state index contributed by atoms with van der Waals surface area (Å²) in [6, 6.07) is 3.65. The average molecular weight is 388 g/mol. The normalized spacial score (nSPS) is 19.1. The van der Waals surface area contributed by atoms with Crippen molar-refractivity contribution in [3.63, 3.8) is 0 Å². The number of ether oxygens (including phenoxy) is 1. The molecular weight excluding hydrogens is 354 g/mol. The van der Waals surface area contributed by atoms with E-state index < -0.39 is 0 Å². The highest BCUT2D eigenvalue weighted by atomic mass is 16.5. The number of piperidine rings is 1. The van der Waals surface area contributed by atoms with Gasteiger partial charge in [0.1, 0.15) is 5.75 Å². The summed E-state index contributed by atoms with van der Waals surface area (Å²) in [5.74, 6) is 1.07. The fourth-order valence-corrected chi connectivity index (χ4v) is 4.05. The van der Waals surface area contributed by atoms with E-state index in [2.05, 4.69) is 5.32 Å². The molecule has 1 atom stereocenters. The van der Waals surface area contributed by atoms with Crippen molar-refractivity contribution in [3.8, 4) is 5.75 Å². The molecule has 1 aromatic carbocycles. The van der Waals surface area contributed by atoms with E-state index in [1.807, 2.05) is 37.8 Å². The molecule has 0 aromatic heterocycles. The van der Waals surface area contributed by atoms with Crippen molar-refractivity contribution in [2.45, 2.75) is 58.4 Å². The number of likely N-dealkylation sites (tertiary alicyclic amines) is 1. The van der Waals surface area contributed by atoms with Gasteiger partial charge in [0, 0.05) is 25.2 Å². The van der Waals surface area contributed by atoms with Gasteiger partial charge in [-0.05, 0) is 82.1 Å². The first-order valence-electron chi connectivity index (χ1n) is 10.4. The van der Waals surface area contributed by atoms with E-state index in [1.165, 1.54) is 6.42 Å². The van der Waals surface area contributed by atoms with Crippen LogP contribution in [0.5, 0.6) is 5.75 Å². The van der Waals surface area contributed by atoms with Crippen LogP contribution in [0, 0.1) is 19.8 Å². The Hall–Kier alpha value is -2.08. The minimum Gasteiger partial charge on any atom is -0.483 e. The van der Waals surface area contributed by atoms with Gasteiger partial charge in [-0.2, -0.15) is 0 Å². The number of nitrogens with zero attached hydrogens (tertiary/aromatic N) is 1. The lowest BCUT2D eigenvalue weighted by Crippen LogP contribution is -2.53. The SMILES string of the molecule is Cc1cc(C(=O)NC(C)(CN)C2CC2)cc(C)c1OCC(=O)N1CCCCC1. The van der Waals surface area contributed by atoms with Crippen LogP contribution < -0.4 is 15.8 Å². The number of carbonyl (C=O) groups is 2. The quantitative estimate of drug-likeness (QED) is 0.753. The molecule has 2 fully saturated rings. The van der Waals surface area contributed by atoms with Gasteiger partial charge in [0.05, 0.1) is 5.54 Å². The molecular formula is C22H33N3O3. The summed E-state index contributed by atoms with van der Waals surface area (Å²) < 4.78 is 5.84. The van der Waals surface area contributed by atoms with Crippen molar-refractivity contribution < 1.29 is 14.3 Å². The summed E-state index contributed by atoms with van der Waals surface area (Å²) in [7, 11) is 0. The van der Waals surface area contributed by atoms with Crippen molar-refractivity contribution in [2.75, 3.05) is 26.2 Å². The molecule has 1 saturated carbocycles. The largest absolute Gasteiger partial charge is 0.483 e. The number of nitrogens with one attached hydrogen (secondary N) is 1. The molecule has 1 saturated heterocycles. The zero-order valence-corrected chi connectivity index (χ0v) is 17.3. The molecule has 1 aliphatic heterocycles. The molecule has 0 radical (unpaired) electrons. The number of hydrogen-bond donors (Lipinski definition) is 2. The van der Waals surface area contributed by atoms with E-state index in [-0.39, 0.29) is 24.0 Å². The third kappa shape index (κ3) is 4.66. The molecule has 3 N–H and O–H groups in total. The maximum absolute atomic E-state index is 12.8. The topological polar surface area (TPSA) is 84.7 Å². The highest BCUT2D eigenvalue weighted by Crippen LogP contribution is 2.39. The first kappa shape index (κ1) is 20.6. The molecule has 6 heteroatoms. The fraction of sp³-hybridized carbons (Fsp3) is 0.636. The Labute approximate surface area is 167 Å². The third-order valence-corrected chi connectivity index (χ3v) is 6.07. The first-order valence-corrected chi connectivity index (χ1v) is 10.4. The van der Waals surface area contributed by atoms with Gasteiger partial charge in [-0.1, -0.05) is 0 Å². The van der Waals surface area contributed by atoms with Gasteiger partial charge < -0.3 is 20.7 Å². The van der Waals surface area contributed by atoms with E-state index >= 15 is 0 Å². The summed E-state index contributed by atoms with van der Waals surface area (Å²) in [4.78, 5) is 27.0. The van der Waals surface area contributed by atoms with Crippen molar-refractivity contribution >= 4 is 11.8 Å². The van der Waals surface area contributed by atoms with Gasteiger partial charge in [0.25, 0.3) is 11.8 Å². The van der Waals surface area contributed by atoms with Crippen molar-refractivity contribution in [2.24, 2.45) is 11.7 Å². The second kappa shape index (κ2) is 8.52. The van der Waals surface area contributed by atoms with E-state index in [9.17, 15) is 9.59 Å². The first-order chi connectivity index (χ1) is 13.3. The second-order valence-corrected chi connectivity index (χ2v) is 8.52. The van der Waals surface area contributed by atoms with Gasteiger partial charge in [-0.25, -0.2) is 0 Å². The molecule has 2 amide bonds. The second-order valence-electron chi connectivity index (χ2n) is 8.52. The van der Waals surface area contributed by atoms with E-state index in [4.69, 9.17) is 10.5 Å². The number of benzene rings is 1. The molecule has 2 aliphatic rings. The number of nitrogens with two attached hydrogens (primary N) is 1. The average Bonchev–Trinajstić information content (AvgIpc) is 3.53. The molecule has 1 aliphatic carbocycles. The summed E-state index contributed by atoms with van der Waals surface area (Å²) in [6.07, 6.45) is 5.55. The van der Waals surface area contributed by atoms with Crippen LogP contribution in [0.4, 0.5) is 0 Å². The lowest BCUT2D eigenvalue weighted by Gasteiger charge is -2.29. The monoisotopic (exact) mass is 387 g/mol. The van der Waals surface area contributed by atoms with Gasteiger partial charge in [-0.15, -0.1) is 0 Å². The predicted octanol–water partition coefficient (Wildman–Crippen LogP) is 2.55. The standard InChI is InChI=1S/C22H33N3O3/c1-15-11-17(21(27)24-22(3,14-23)18-7-8-18)12-16(2)20(15)28-13-19(26)25-9-5-4-6-10-25/h11-12,18H,4-10,13-14,23H2,1-3H3,(H,24,27). The van der Waals surface area contributed by atoms with Crippen LogP contribution in [0.1, 0.15) is 60.5 Å². The molecule has 1 unspecified atom stereocenters. The third-order valence-electron chi connectivity index (χ3n) is 6.07. The van der Waals surface area contributed by atoms with Gasteiger partial charge in [0.15, 0.2) is 6.61 Å². The van der Waals surface area contributed by atoms with Crippen molar-refractivity contribution in [1.29, 1.82) is 0 Å². The number of amides is 2. The van der Waals surface area contributed by atoms with Gasteiger partial charge >= 0.3 is 0 Å². The molecule has 0 bridgehead atoms. The maximum atomic E-state index is 12.8. The minimum atomic E-state index is -0.352. The summed E-state index contributed by atoms with van der Waals surface area (Å²) in [5.41, 5.74) is 7.88. The predicted molar refractivity (Wildman–Crippen MR) is 109 cm³/mol. The highest BCUT2D eigenvalue weighted by Gasteiger charge is 2.41. The zero-order valence-electron chi connectivity index (χ0n) is 17.3. The van der Waals surface area contributed by atoms with E-state index in [0.29, 0.717) is 23.8 Å². The van der Waals surface area contributed by atoms with Crippen LogP contribution >= 0.6 is 0 Å². The lowest BCUT2D eigenvalue weighted by molar-refractivity contribution is -0.134. The molecule has 1 aromatic rings. The van der Waals surface area contributed by atoms with E-state index in [0.717, 1.165) is 49.9 Å². The number of aryl methyl sites for hydroxylation is 2. The number of hydrogen-bond acceptors (Lipinski definition) is 4. The molecule has 6 nitrogen and oxygen atoms in total. The molecule has 0 spiro atoms. The van der Waals surface area contributed by atoms with Crippen LogP contribution in [-0.4, -0.2) is 48.5 Å². The Morgan fingerprint density at radius 1 is 1.18 bits per heavy atom. The van der Waals surface area contributed by atoms with Crippen LogP contribution in [0.15, 0.2) is 12.1 Å². The van der Waals surface area contributed by atoms with Crippen LogP contribution in [-0.2, 0) is 4.79 Å². The highest BCUT2D eigenvalue weighted by molar-refractivity contribution is 5.95. The van der Waals surface area contributed by atoms with Gasteiger partial charge in [0.2, 0.25) is 0 Å². The summed E-state index contributed by atoms with van der Waals surface area (Å²) in [6.45, 7) is 7.95. The molecule has 3 rings (SSSR count).